The molecule has 0 saturated carbocycles. The van der Waals surface area contributed by atoms with Gasteiger partial charge in [0.05, 0.1) is 30.5 Å². The number of hydrogen-bond donors (Lipinski definition) is 5. The second-order valence-electron chi connectivity index (χ2n) is 12.3. The molecule has 4 amide bonds. The molecule has 2 aromatic rings. The first-order chi connectivity index (χ1) is 21.6. The number of primary amides is 1. The summed E-state index contributed by atoms with van der Waals surface area (Å²) in [5.41, 5.74) is 6.90. The summed E-state index contributed by atoms with van der Waals surface area (Å²) >= 11 is 0. The van der Waals surface area contributed by atoms with Gasteiger partial charge < -0.3 is 26.8 Å². The van der Waals surface area contributed by atoms with E-state index in [1.165, 1.54) is 0 Å². The highest BCUT2D eigenvalue weighted by Gasteiger charge is 2.42. The van der Waals surface area contributed by atoms with Gasteiger partial charge in [-0.3, -0.25) is 24.1 Å². The van der Waals surface area contributed by atoms with E-state index in [0.29, 0.717) is 45.3 Å². The number of carbonyl (C=O) groups excluding carboxylic acids is 4. The molecule has 45 heavy (non-hydrogen) atoms. The topological polar surface area (TPSA) is 154 Å². The van der Waals surface area contributed by atoms with Crippen LogP contribution in [0, 0.1) is 5.92 Å². The Balaban J connectivity index is 1.65. The zero-order valence-corrected chi connectivity index (χ0v) is 27.0. The average Bonchev–Trinajstić information content (AvgIpc) is 3.04. The SMILES string of the molecule is CCCCNC(=O)CC(O)C(Cc1ccccc1)NC(=O)[C@@H](NC(=O)CN1CCC(C(N)=O)(c2ccccc2)CC1)[C@@H](C)CC. The number of nitrogens with one attached hydrogen (secondary N) is 3. The van der Waals surface area contributed by atoms with Gasteiger partial charge in [0.2, 0.25) is 23.6 Å². The molecule has 1 saturated heterocycles. The molecular formula is C35H51N5O5. The van der Waals surface area contributed by atoms with Gasteiger partial charge in [-0.25, -0.2) is 0 Å². The number of amides is 4. The zero-order valence-electron chi connectivity index (χ0n) is 27.0. The number of benzene rings is 2. The summed E-state index contributed by atoms with van der Waals surface area (Å²) in [6, 6.07) is 17.4. The molecule has 0 bridgehead atoms. The minimum atomic E-state index is -1.12. The van der Waals surface area contributed by atoms with Crippen molar-refractivity contribution in [3.05, 3.63) is 71.8 Å². The molecule has 2 unspecified atom stereocenters. The maximum atomic E-state index is 13.7. The van der Waals surface area contributed by atoms with Crippen molar-refractivity contribution in [1.29, 1.82) is 0 Å². The van der Waals surface area contributed by atoms with Crippen LogP contribution in [-0.4, -0.2) is 78.0 Å². The number of nitrogens with zero attached hydrogens (tertiary/aromatic N) is 1. The lowest BCUT2D eigenvalue weighted by Gasteiger charge is -2.40. The van der Waals surface area contributed by atoms with Crippen molar-refractivity contribution < 1.29 is 24.3 Å². The van der Waals surface area contributed by atoms with Crippen molar-refractivity contribution in [2.24, 2.45) is 11.7 Å². The molecule has 1 heterocycles. The van der Waals surface area contributed by atoms with E-state index in [-0.39, 0.29) is 36.6 Å². The number of unbranched alkanes of at least 4 members (excludes halogenated alkanes) is 1. The summed E-state index contributed by atoms with van der Waals surface area (Å²) in [7, 11) is 0. The number of piperidine rings is 1. The molecule has 3 rings (SSSR count). The fourth-order valence-corrected chi connectivity index (χ4v) is 5.88. The van der Waals surface area contributed by atoms with E-state index in [1.807, 2.05) is 86.3 Å². The smallest absolute Gasteiger partial charge is 0.243 e. The third-order valence-electron chi connectivity index (χ3n) is 9.02. The number of likely N-dealkylation sites (tertiary alicyclic amines) is 1. The van der Waals surface area contributed by atoms with Crippen molar-refractivity contribution in [2.45, 2.75) is 89.3 Å². The van der Waals surface area contributed by atoms with Gasteiger partial charge in [-0.05, 0) is 42.7 Å². The maximum absolute atomic E-state index is 13.7. The summed E-state index contributed by atoms with van der Waals surface area (Å²) in [4.78, 5) is 54.0. The van der Waals surface area contributed by atoms with Gasteiger partial charge in [0.15, 0.2) is 0 Å². The first-order valence-corrected chi connectivity index (χ1v) is 16.3. The van der Waals surface area contributed by atoms with Crippen LogP contribution in [0.15, 0.2) is 60.7 Å². The Labute approximate surface area is 267 Å². The monoisotopic (exact) mass is 621 g/mol. The van der Waals surface area contributed by atoms with E-state index in [2.05, 4.69) is 16.0 Å². The fourth-order valence-electron chi connectivity index (χ4n) is 5.88. The Morgan fingerprint density at radius 3 is 2.13 bits per heavy atom. The van der Waals surface area contributed by atoms with E-state index in [4.69, 9.17) is 5.73 Å². The summed E-state index contributed by atoms with van der Waals surface area (Å²) in [6.07, 6.45) is 2.50. The Morgan fingerprint density at radius 2 is 1.56 bits per heavy atom. The first kappa shape index (κ1) is 35.7. The quantitative estimate of drug-likeness (QED) is 0.171. The van der Waals surface area contributed by atoms with Crippen LogP contribution in [0.2, 0.25) is 0 Å². The van der Waals surface area contributed by atoms with E-state index in [9.17, 15) is 24.3 Å². The van der Waals surface area contributed by atoms with Gasteiger partial charge in [-0.2, -0.15) is 0 Å². The van der Waals surface area contributed by atoms with E-state index < -0.39 is 29.5 Å². The molecule has 4 atom stereocenters. The number of aliphatic hydroxyl groups is 1. The molecule has 1 aliphatic rings. The minimum absolute atomic E-state index is 0.0812. The van der Waals surface area contributed by atoms with Crippen LogP contribution >= 0.6 is 0 Å². The van der Waals surface area contributed by atoms with Gasteiger partial charge >= 0.3 is 0 Å². The lowest BCUT2D eigenvalue weighted by atomic mass is 9.72. The summed E-state index contributed by atoms with van der Waals surface area (Å²) < 4.78 is 0. The van der Waals surface area contributed by atoms with Crippen LogP contribution in [0.1, 0.15) is 70.4 Å². The second-order valence-corrected chi connectivity index (χ2v) is 12.3. The molecule has 1 aliphatic heterocycles. The Hall–Kier alpha value is -3.76. The molecule has 10 heteroatoms. The molecular weight excluding hydrogens is 570 g/mol. The maximum Gasteiger partial charge on any atom is 0.243 e. The van der Waals surface area contributed by atoms with Gasteiger partial charge in [-0.1, -0.05) is 94.3 Å². The van der Waals surface area contributed by atoms with Gasteiger partial charge in [0.1, 0.15) is 6.04 Å². The lowest BCUT2D eigenvalue weighted by molar-refractivity contribution is -0.132. The molecule has 0 spiro atoms. The van der Waals surface area contributed by atoms with E-state index in [0.717, 1.165) is 24.0 Å². The number of nitrogens with two attached hydrogens (primary N) is 1. The molecule has 10 nitrogen and oxygen atoms in total. The largest absolute Gasteiger partial charge is 0.390 e. The van der Waals surface area contributed by atoms with Gasteiger partial charge in [0, 0.05) is 19.6 Å². The van der Waals surface area contributed by atoms with Crippen LogP contribution in [0.25, 0.3) is 0 Å². The first-order valence-electron chi connectivity index (χ1n) is 16.3. The number of carbonyl (C=O) groups is 4. The summed E-state index contributed by atoms with van der Waals surface area (Å²) in [6.45, 7) is 7.52. The number of hydrogen-bond acceptors (Lipinski definition) is 6. The van der Waals surface area contributed by atoms with E-state index in [1.54, 1.807) is 0 Å². The average molecular weight is 622 g/mol. The zero-order chi connectivity index (χ0) is 32.8. The predicted octanol–water partition coefficient (Wildman–Crippen LogP) is 2.43. The molecule has 2 aromatic carbocycles. The summed E-state index contributed by atoms with van der Waals surface area (Å²) in [5.74, 6) is -1.51. The Morgan fingerprint density at radius 1 is 0.933 bits per heavy atom. The highest BCUT2D eigenvalue weighted by molar-refractivity contribution is 5.89. The molecule has 0 radical (unpaired) electrons. The van der Waals surface area contributed by atoms with Crippen LogP contribution in [0.3, 0.4) is 0 Å². The number of aliphatic hydroxyl groups excluding tert-OH is 1. The minimum Gasteiger partial charge on any atom is -0.390 e. The lowest BCUT2D eigenvalue weighted by Crippen LogP contribution is -2.57. The van der Waals surface area contributed by atoms with Gasteiger partial charge in [-0.15, -0.1) is 0 Å². The van der Waals surface area contributed by atoms with Crippen molar-refractivity contribution in [2.75, 3.05) is 26.2 Å². The highest BCUT2D eigenvalue weighted by Crippen LogP contribution is 2.35. The van der Waals surface area contributed by atoms with Crippen molar-refractivity contribution in [3.8, 4) is 0 Å². The summed E-state index contributed by atoms with van der Waals surface area (Å²) in [5, 5.41) is 19.8. The van der Waals surface area contributed by atoms with Crippen molar-refractivity contribution in [3.63, 3.8) is 0 Å². The molecule has 0 aliphatic carbocycles. The van der Waals surface area contributed by atoms with Crippen LogP contribution in [0.4, 0.5) is 0 Å². The second kappa shape index (κ2) is 17.7. The third kappa shape index (κ3) is 10.4. The van der Waals surface area contributed by atoms with E-state index >= 15 is 0 Å². The van der Waals surface area contributed by atoms with Crippen molar-refractivity contribution >= 4 is 23.6 Å². The van der Waals surface area contributed by atoms with Gasteiger partial charge in [0.25, 0.3) is 0 Å². The fraction of sp³-hybridized carbons (Fsp3) is 0.543. The van der Waals surface area contributed by atoms with Crippen LogP contribution in [0.5, 0.6) is 0 Å². The number of rotatable bonds is 17. The van der Waals surface area contributed by atoms with Crippen molar-refractivity contribution in [1.82, 2.24) is 20.9 Å². The molecule has 246 valence electrons. The van der Waals surface area contributed by atoms with Crippen LogP contribution < -0.4 is 21.7 Å². The Kier molecular flexibility index (Phi) is 14.0. The highest BCUT2D eigenvalue weighted by atomic mass is 16.3. The standard InChI is InChI=1S/C35H51N5O5/c1-4-6-19-37-30(42)23-29(41)28(22-26-13-9-7-10-14-26)38-33(44)32(25(3)5-2)39-31(43)24-40-20-17-35(18-21-40,34(36)45)27-15-11-8-12-16-27/h7-16,25,28-29,32,41H,4-6,17-24H2,1-3H3,(H2,36,45)(H,37,42)(H,38,44)(H,39,43)/t25-,28?,29?,32-/m0/s1. The normalized spacial score (nSPS) is 17.3. The Bertz CT molecular complexity index is 1230. The molecule has 0 aromatic heterocycles. The predicted molar refractivity (Wildman–Crippen MR) is 175 cm³/mol. The third-order valence-corrected chi connectivity index (χ3v) is 9.02. The van der Waals surface area contributed by atoms with Crippen LogP contribution in [-0.2, 0) is 31.0 Å². The molecule has 6 N–H and O–H groups in total. The molecule has 1 fully saturated rings.